The summed E-state index contributed by atoms with van der Waals surface area (Å²) < 4.78 is 32.6. The van der Waals surface area contributed by atoms with E-state index >= 15 is 4.39 Å². The van der Waals surface area contributed by atoms with Gasteiger partial charge in [0.05, 0.1) is 32.3 Å². The minimum atomic E-state index is -0.862. The molecule has 198 valence electrons. The number of nitrogens with one attached hydrogen (secondary N) is 1. The molecule has 0 bridgehead atoms. The Morgan fingerprint density at radius 3 is 2.74 bits per heavy atom. The monoisotopic (exact) mass is 518 g/mol. The summed E-state index contributed by atoms with van der Waals surface area (Å²) in [6.07, 6.45) is 4.15. The van der Waals surface area contributed by atoms with Gasteiger partial charge in [0.15, 0.2) is 0 Å². The maximum atomic E-state index is 15.3. The average molecular weight is 519 g/mol. The van der Waals surface area contributed by atoms with Crippen LogP contribution in [0.15, 0.2) is 36.5 Å². The number of nitrogens with zero attached hydrogens (tertiary/aromatic N) is 1. The van der Waals surface area contributed by atoms with Gasteiger partial charge in [-0.2, -0.15) is 0 Å². The normalized spacial score (nSPS) is 21.6. The zero-order valence-corrected chi connectivity index (χ0v) is 21.6. The Labute approximate surface area is 221 Å². The van der Waals surface area contributed by atoms with Gasteiger partial charge in [-0.15, -0.1) is 0 Å². The van der Waals surface area contributed by atoms with Crippen LogP contribution in [0.2, 0.25) is 0 Å². The third-order valence-electron chi connectivity index (χ3n) is 7.82. The van der Waals surface area contributed by atoms with Crippen LogP contribution in [0.5, 0.6) is 11.5 Å². The molecule has 0 saturated carbocycles. The maximum Gasteiger partial charge on any atom is 0.304 e. The lowest BCUT2D eigenvalue weighted by Crippen LogP contribution is -2.15. The number of hydrogen-bond donors (Lipinski definition) is 2. The summed E-state index contributed by atoms with van der Waals surface area (Å²) in [5.41, 5.74) is 6.86. The van der Waals surface area contributed by atoms with Crippen molar-refractivity contribution in [3.63, 3.8) is 0 Å². The predicted octanol–water partition coefficient (Wildman–Crippen LogP) is 5.72. The van der Waals surface area contributed by atoms with Crippen LogP contribution in [-0.4, -0.2) is 42.0 Å². The average Bonchev–Trinajstić information content (AvgIpc) is 3.61. The van der Waals surface area contributed by atoms with Crippen molar-refractivity contribution in [1.29, 1.82) is 0 Å². The Kier molecular flexibility index (Phi) is 6.43. The van der Waals surface area contributed by atoms with Crippen molar-refractivity contribution in [2.45, 2.75) is 57.6 Å². The van der Waals surface area contributed by atoms with Gasteiger partial charge in [-0.05, 0) is 72.7 Å². The highest BCUT2D eigenvalue weighted by molar-refractivity contribution is 5.77. The topological polar surface area (TPSA) is 89.9 Å². The first-order valence-electron chi connectivity index (χ1n) is 13.2. The van der Waals surface area contributed by atoms with E-state index in [0.29, 0.717) is 30.3 Å². The van der Waals surface area contributed by atoms with E-state index in [1.165, 1.54) is 0 Å². The third kappa shape index (κ3) is 4.58. The number of aromatic nitrogens is 1. The summed E-state index contributed by atoms with van der Waals surface area (Å²) in [5, 5.41) is 12.5. The number of carboxylic acid groups (broad SMARTS) is 1. The van der Waals surface area contributed by atoms with Crippen LogP contribution >= 0.6 is 0 Å². The Hall–Kier alpha value is -3.65. The molecule has 3 atom stereocenters. The molecule has 1 fully saturated rings. The summed E-state index contributed by atoms with van der Waals surface area (Å²) >= 11 is 0. The summed E-state index contributed by atoms with van der Waals surface area (Å²) in [6.45, 7) is 5.83. The maximum absolute atomic E-state index is 15.3. The lowest BCUT2D eigenvalue weighted by molar-refractivity contribution is -0.137. The Morgan fingerprint density at radius 1 is 1.18 bits per heavy atom. The molecule has 3 aromatic rings. The first-order valence-corrected chi connectivity index (χ1v) is 13.2. The Balaban J connectivity index is 1.27. The Bertz CT molecular complexity index is 1380. The van der Waals surface area contributed by atoms with Gasteiger partial charge in [-0.1, -0.05) is 6.07 Å². The predicted molar refractivity (Wildman–Crippen MR) is 141 cm³/mol. The van der Waals surface area contributed by atoms with Crippen molar-refractivity contribution in [3.8, 4) is 22.6 Å². The molecule has 2 aromatic carbocycles. The van der Waals surface area contributed by atoms with Crippen LogP contribution in [0.4, 0.5) is 10.2 Å². The summed E-state index contributed by atoms with van der Waals surface area (Å²) in [7, 11) is 0. The van der Waals surface area contributed by atoms with E-state index in [-0.39, 0.29) is 30.3 Å². The molecular formula is C30H31FN2O5. The second-order valence-corrected chi connectivity index (χ2v) is 10.5. The number of ether oxygens (including phenoxy) is 3. The van der Waals surface area contributed by atoms with Crippen LogP contribution in [0, 0.1) is 19.7 Å². The van der Waals surface area contributed by atoms with Crippen molar-refractivity contribution >= 4 is 11.8 Å². The smallest absolute Gasteiger partial charge is 0.304 e. The highest BCUT2D eigenvalue weighted by atomic mass is 19.1. The van der Waals surface area contributed by atoms with E-state index in [4.69, 9.17) is 19.3 Å². The molecule has 1 unspecified atom stereocenters. The number of carboxylic acids is 1. The number of hydrogen-bond acceptors (Lipinski definition) is 6. The van der Waals surface area contributed by atoms with Crippen molar-refractivity contribution < 1.29 is 28.5 Å². The molecule has 1 aromatic heterocycles. The zero-order valence-electron chi connectivity index (χ0n) is 21.6. The molecule has 8 heteroatoms. The number of aliphatic carboxylic acids is 1. The van der Waals surface area contributed by atoms with Crippen molar-refractivity contribution in [2.75, 3.05) is 25.1 Å². The van der Waals surface area contributed by atoms with Crippen LogP contribution in [0.1, 0.15) is 59.0 Å². The summed E-state index contributed by atoms with van der Waals surface area (Å²) in [6, 6.07) is 9.14. The SMILES string of the molecule is Cc1cc(OC2CCOC2)cc(C)c1-c1ccc(F)c2c1CC[C@H]2Nc1cc2c(cn1)[C@H](CC(=O)O)CO2. The van der Waals surface area contributed by atoms with Crippen LogP contribution in [0.3, 0.4) is 0 Å². The van der Waals surface area contributed by atoms with E-state index in [1.807, 2.05) is 6.07 Å². The molecule has 3 heterocycles. The minimum absolute atomic E-state index is 0.00633. The fraction of sp³-hybridized carbons (Fsp3) is 0.400. The van der Waals surface area contributed by atoms with Gasteiger partial charge < -0.3 is 24.6 Å². The number of fused-ring (bicyclic) bond motifs is 2. The molecule has 38 heavy (non-hydrogen) atoms. The number of benzene rings is 2. The number of anilines is 1. The molecule has 0 radical (unpaired) electrons. The number of halogens is 1. The molecule has 2 aliphatic heterocycles. The third-order valence-corrected chi connectivity index (χ3v) is 7.82. The number of pyridine rings is 1. The second kappa shape index (κ2) is 9.91. The molecule has 7 nitrogen and oxygen atoms in total. The fourth-order valence-electron chi connectivity index (χ4n) is 6.11. The molecular weight excluding hydrogens is 487 g/mol. The van der Waals surface area contributed by atoms with Gasteiger partial charge in [0.1, 0.15) is 29.2 Å². The van der Waals surface area contributed by atoms with E-state index in [9.17, 15) is 4.79 Å². The van der Waals surface area contributed by atoms with Crippen LogP contribution in [-0.2, 0) is 16.0 Å². The zero-order chi connectivity index (χ0) is 26.4. The van der Waals surface area contributed by atoms with Crippen molar-refractivity contribution in [1.82, 2.24) is 4.98 Å². The van der Waals surface area contributed by atoms with Crippen LogP contribution in [0.25, 0.3) is 11.1 Å². The van der Waals surface area contributed by atoms with Gasteiger partial charge in [0, 0.05) is 35.7 Å². The van der Waals surface area contributed by atoms with E-state index in [1.54, 1.807) is 18.3 Å². The largest absolute Gasteiger partial charge is 0.492 e. The quantitative estimate of drug-likeness (QED) is 0.413. The highest BCUT2D eigenvalue weighted by Crippen LogP contribution is 2.44. The number of rotatable bonds is 7. The van der Waals surface area contributed by atoms with E-state index in [0.717, 1.165) is 65.0 Å². The molecule has 6 rings (SSSR count). The summed E-state index contributed by atoms with van der Waals surface area (Å²) in [5.74, 6) is 0.776. The first kappa shape index (κ1) is 24.7. The van der Waals surface area contributed by atoms with Crippen LogP contribution < -0.4 is 14.8 Å². The first-order chi connectivity index (χ1) is 18.4. The lowest BCUT2D eigenvalue weighted by Gasteiger charge is -2.20. The van der Waals surface area contributed by atoms with E-state index < -0.39 is 5.97 Å². The second-order valence-electron chi connectivity index (χ2n) is 10.5. The molecule has 1 aliphatic carbocycles. The number of aryl methyl sites for hydroxylation is 2. The highest BCUT2D eigenvalue weighted by Gasteiger charge is 2.31. The van der Waals surface area contributed by atoms with Gasteiger partial charge in [0.2, 0.25) is 0 Å². The number of carbonyl (C=O) groups is 1. The standard InChI is InChI=1S/C30H31FN2O5/c1-16-9-20(38-19-7-8-36-15-19)10-17(2)29(16)21-3-5-24(31)30-22(21)4-6-25(30)33-27-12-26-23(13-32-27)18(14-37-26)11-28(34)35/h3,5,9-10,12-13,18-19,25H,4,6-8,11,14-15H2,1-2H3,(H,32,33)(H,34,35)/t18-,19?,25-/m1/s1. The summed E-state index contributed by atoms with van der Waals surface area (Å²) in [4.78, 5) is 15.6. The van der Waals surface area contributed by atoms with Gasteiger partial charge >= 0.3 is 5.97 Å². The van der Waals surface area contributed by atoms with Gasteiger partial charge in [-0.25, -0.2) is 9.37 Å². The lowest BCUT2D eigenvalue weighted by atomic mass is 9.90. The molecule has 0 amide bonds. The van der Waals surface area contributed by atoms with Crippen molar-refractivity contribution in [2.24, 2.45) is 0 Å². The molecule has 0 spiro atoms. The fourth-order valence-corrected chi connectivity index (χ4v) is 6.11. The molecule has 1 saturated heterocycles. The van der Waals surface area contributed by atoms with E-state index in [2.05, 4.69) is 36.3 Å². The molecule has 2 N–H and O–H groups in total. The van der Waals surface area contributed by atoms with Gasteiger partial charge in [-0.3, -0.25) is 4.79 Å². The van der Waals surface area contributed by atoms with Crippen molar-refractivity contribution in [3.05, 3.63) is 70.2 Å². The molecule has 3 aliphatic rings. The Morgan fingerprint density at radius 2 is 2.00 bits per heavy atom. The van der Waals surface area contributed by atoms with Gasteiger partial charge in [0.25, 0.3) is 0 Å². The minimum Gasteiger partial charge on any atom is -0.492 e.